The van der Waals surface area contributed by atoms with Crippen LogP contribution < -0.4 is 5.73 Å². The summed E-state index contributed by atoms with van der Waals surface area (Å²) < 4.78 is 2.53. The summed E-state index contributed by atoms with van der Waals surface area (Å²) in [5.74, 6) is 0.398. The van der Waals surface area contributed by atoms with Gasteiger partial charge in [0, 0.05) is 19.0 Å². The number of likely N-dealkylation sites (N-methyl/N-ethyl adjacent to an activating group) is 1. The zero-order valence-corrected chi connectivity index (χ0v) is 14.4. The zero-order chi connectivity index (χ0) is 15.3. The van der Waals surface area contributed by atoms with Gasteiger partial charge in [-0.2, -0.15) is 5.10 Å². The van der Waals surface area contributed by atoms with Gasteiger partial charge in [-0.15, -0.1) is 0 Å². The molecule has 1 rings (SSSR count). The van der Waals surface area contributed by atoms with Crippen molar-refractivity contribution < 1.29 is 4.79 Å². The van der Waals surface area contributed by atoms with Crippen LogP contribution in [0.1, 0.15) is 30.8 Å². The number of hydrogen-bond acceptors (Lipinski definition) is 4. The van der Waals surface area contributed by atoms with E-state index in [-0.39, 0.29) is 11.7 Å². The van der Waals surface area contributed by atoms with Crippen LogP contribution in [0.4, 0.5) is 0 Å². The van der Waals surface area contributed by atoms with Crippen LogP contribution in [0.15, 0.2) is 10.7 Å². The maximum absolute atomic E-state index is 12.7. The number of nitrogens with two attached hydrogens (primary N) is 1. The molecule has 20 heavy (non-hydrogen) atoms. The Kier molecular flexibility index (Phi) is 6.85. The average Bonchev–Trinajstić information content (AvgIpc) is 2.73. The Labute approximate surface area is 129 Å². The van der Waals surface area contributed by atoms with Crippen LogP contribution in [-0.4, -0.2) is 47.6 Å². The van der Waals surface area contributed by atoms with E-state index in [1.807, 2.05) is 14.1 Å². The summed E-state index contributed by atoms with van der Waals surface area (Å²) in [4.78, 5) is 14.7. The van der Waals surface area contributed by atoms with Gasteiger partial charge in [-0.25, -0.2) is 0 Å². The molecule has 0 spiro atoms. The fourth-order valence-electron chi connectivity index (χ4n) is 2.14. The lowest BCUT2D eigenvalue weighted by Gasteiger charge is -2.18. The van der Waals surface area contributed by atoms with Gasteiger partial charge in [0.15, 0.2) is 5.78 Å². The number of aromatic nitrogens is 2. The van der Waals surface area contributed by atoms with Gasteiger partial charge in [-0.1, -0.05) is 13.8 Å². The SMILES string of the molecule is CC(C)CC(CN)C(=O)c1c(Br)cnn1CCN(C)C. The first-order chi connectivity index (χ1) is 9.36. The number of halogens is 1. The lowest BCUT2D eigenvalue weighted by atomic mass is 9.92. The molecule has 0 aliphatic heterocycles. The monoisotopic (exact) mass is 344 g/mol. The molecule has 0 aliphatic rings. The van der Waals surface area contributed by atoms with Gasteiger partial charge in [-0.05, 0) is 42.4 Å². The Morgan fingerprint density at radius 1 is 1.50 bits per heavy atom. The third-order valence-corrected chi connectivity index (χ3v) is 3.78. The van der Waals surface area contributed by atoms with Crippen LogP contribution >= 0.6 is 15.9 Å². The van der Waals surface area contributed by atoms with E-state index >= 15 is 0 Å². The second kappa shape index (κ2) is 7.90. The molecule has 0 radical (unpaired) electrons. The lowest BCUT2D eigenvalue weighted by molar-refractivity contribution is 0.0896. The first kappa shape index (κ1) is 17.3. The Morgan fingerprint density at radius 3 is 2.65 bits per heavy atom. The minimum Gasteiger partial charge on any atom is -0.330 e. The van der Waals surface area contributed by atoms with Gasteiger partial charge in [0.05, 0.1) is 17.2 Å². The van der Waals surface area contributed by atoms with E-state index in [1.54, 1.807) is 10.9 Å². The Balaban J connectivity index is 2.93. The highest BCUT2D eigenvalue weighted by molar-refractivity contribution is 9.10. The van der Waals surface area contributed by atoms with E-state index in [9.17, 15) is 4.79 Å². The van der Waals surface area contributed by atoms with Crippen molar-refractivity contribution in [3.8, 4) is 0 Å². The van der Waals surface area contributed by atoms with Crippen LogP contribution in [0.5, 0.6) is 0 Å². The molecule has 1 aromatic rings. The summed E-state index contributed by atoms with van der Waals surface area (Å²) >= 11 is 3.43. The predicted octanol–water partition coefficient (Wildman–Crippen LogP) is 2.01. The van der Waals surface area contributed by atoms with Crippen molar-refractivity contribution in [2.45, 2.75) is 26.8 Å². The summed E-state index contributed by atoms with van der Waals surface area (Å²) in [5, 5.41) is 4.29. The minimum absolute atomic E-state index is 0.0873. The van der Waals surface area contributed by atoms with Crippen LogP contribution in [0, 0.1) is 11.8 Å². The second-order valence-electron chi connectivity index (χ2n) is 5.79. The lowest BCUT2D eigenvalue weighted by Crippen LogP contribution is -2.29. The quantitative estimate of drug-likeness (QED) is 0.732. The molecule has 0 amide bonds. The van der Waals surface area contributed by atoms with Crippen LogP contribution in [0.3, 0.4) is 0 Å². The molecule has 1 heterocycles. The molecule has 1 atom stereocenters. The average molecular weight is 345 g/mol. The molecule has 0 bridgehead atoms. The normalized spacial score (nSPS) is 13.2. The Bertz CT molecular complexity index is 442. The van der Waals surface area contributed by atoms with Gasteiger partial charge >= 0.3 is 0 Å². The smallest absolute Gasteiger partial charge is 0.186 e. The van der Waals surface area contributed by atoms with Crippen molar-refractivity contribution in [3.05, 3.63) is 16.4 Å². The molecule has 2 N–H and O–H groups in total. The zero-order valence-electron chi connectivity index (χ0n) is 12.8. The Hall–Kier alpha value is -0.720. The largest absolute Gasteiger partial charge is 0.330 e. The standard InChI is InChI=1S/C14H25BrN4O/c1-10(2)7-11(8-16)14(20)13-12(15)9-17-19(13)6-5-18(3)4/h9-11H,5-8,16H2,1-4H3. The molecule has 0 aromatic carbocycles. The molecule has 114 valence electrons. The Morgan fingerprint density at radius 2 is 2.15 bits per heavy atom. The van der Waals surface area contributed by atoms with Crippen LogP contribution in [0.25, 0.3) is 0 Å². The van der Waals surface area contributed by atoms with Crippen molar-refractivity contribution in [3.63, 3.8) is 0 Å². The first-order valence-electron chi connectivity index (χ1n) is 6.97. The number of rotatable bonds is 8. The van der Waals surface area contributed by atoms with Crippen molar-refractivity contribution >= 4 is 21.7 Å². The number of Topliss-reactive ketones (excluding diaryl/α,β-unsaturated/α-hetero) is 1. The highest BCUT2D eigenvalue weighted by Gasteiger charge is 2.25. The van der Waals surface area contributed by atoms with E-state index in [0.717, 1.165) is 17.4 Å². The molecule has 1 aromatic heterocycles. The topological polar surface area (TPSA) is 64.2 Å². The fourth-order valence-corrected chi connectivity index (χ4v) is 2.64. The second-order valence-corrected chi connectivity index (χ2v) is 6.65. The summed E-state index contributed by atoms with van der Waals surface area (Å²) in [6.07, 6.45) is 2.49. The van der Waals surface area contributed by atoms with Gasteiger partial charge in [0.1, 0.15) is 5.69 Å². The number of carbonyl (C=O) groups is 1. The van der Waals surface area contributed by atoms with Crippen LogP contribution in [-0.2, 0) is 6.54 Å². The molecule has 0 aliphatic carbocycles. The summed E-state index contributed by atoms with van der Waals surface area (Å²) in [5.41, 5.74) is 6.42. The van der Waals surface area contributed by atoms with Crippen molar-refractivity contribution in [1.29, 1.82) is 0 Å². The van der Waals surface area contributed by atoms with Gasteiger partial charge in [0.25, 0.3) is 0 Å². The molecular weight excluding hydrogens is 320 g/mol. The molecule has 0 saturated heterocycles. The predicted molar refractivity (Wildman–Crippen MR) is 84.8 cm³/mol. The summed E-state index contributed by atoms with van der Waals surface area (Å²) in [6.45, 7) is 6.12. The van der Waals surface area contributed by atoms with Crippen LogP contribution in [0.2, 0.25) is 0 Å². The van der Waals surface area contributed by atoms with E-state index < -0.39 is 0 Å². The van der Waals surface area contributed by atoms with Crippen molar-refractivity contribution in [1.82, 2.24) is 14.7 Å². The maximum Gasteiger partial charge on any atom is 0.186 e. The van der Waals surface area contributed by atoms with Crippen molar-refractivity contribution in [2.24, 2.45) is 17.6 Å². The third-order valence-electron chi connectivity index (χ3n) is 3.20. The molecule has 1 unspecified atom stereocenters. The van der Waals surface area contributed by atoms with Gasteiger partial charge in [0.2, 0.25) is 0 Å². The van der Waals surface area contributed by atoms with Crippen molar-refractivity contribution in [2.75, 3.05) is 27.2 Å². The number of hydrogen-bond donors (Lipinski definition) is 1. The third kappa shape index (κ3) is 4.68. The minimum atomic E-state index is -0.138. The maximum atomic E-state index is 12.7. The fraction of sp³-hybridized carbons (Fsp3) is 0.714. The van der Waals surface area contributed by atoms with E-state index in [1.165, 1.54) is 0 Å². The van der Waals surface area contributed by atoms with Gasteiger partial charge in [-0.3, -0.25) is 9.48 Å². The highest BCUT2D eigenvalue weighted by Crippen LogP contribution is 2.23. The van der Waals surface area contributed by atoms with E-state index in [4.69, 9.17) is 5.73 Å². The van der Waals surface area contributed by atoms with Gasteiger partial charge < -0.3 is 10.6 Å². The molecular formula is C14H25BrN4O. The number of ketones is 1. The summed E-state index contributed by atoms with van der Waals surface area (Å²) in [6, 6.07) is 0. The number of nitrogens with zero attached hydrogens (tertiary/aromatic N) is 3. The molecule has 5 nitrogen and oxygen atoms in total. The first-order valence-corrected chi connectivity index (χ1v) is 7.76. The molecule has 0 saturated carbocycles. The van der Waals surface area contributed by atoms with E-state index in [0.29, 0.717) is 24.7 Å². The van der Waals surface area contributed by atoms with E-state index in [2.05, 4.69) is 39.8 Å². The molecule has 6 heteroatoms. The number of carbonyl (C=O) groups excluding carboxylic acids is 1. The highest BCUT2D eigenvalue weighted by atomic mass is 79.9. The molecule has 0 fully saturated rings. The summed E-state index contributed by atoms with van der Waals surface area (Å²) in [7, 11) is 4.00.